The van der Waals surface area contributed by atoms with Crippen LogP contribution >= 0.6 is 0 Å². The summed E-state index contributed by atoms with van der Waals surface area (Å²) in [6.07, 6.45) is 7.10. The third kappa shape index (κ3) is 6.44. The summed E-state index contributed by atoms with van der Waals surface area (Å²) in [7, 11) is 0. The summed E-state index contributed by atoms with van der Waals surface area (Å²) in [6.45, 7) is 5.30. The number of benzene rings is 1. The first-order valence-corrected chi connectivity index (χ1v) is 10.6. The van der Waals surface area contributed by atoms with Crippen molar-refractivity contribution in [2.75, 3.05) is 37.6 Å². The van der Waals surface area contributed by atoms with Crippen LogP contribution in [0.2, 0.25) is 0 Å². The first-order chi connectivity index (χ1) is 14.7. The maximum Gasteiger partial charge on any atom is 0.244 e. The second-order valence-corrected chi connectivity index (χ2v) is 7.51. The minimum Gasteiger partial charge on any atom is -0.357 e. The third-order valence-corrected chi connectivity index (χ3v) is 5.44. The zero-order chi connectivity index (χ0) is 21.2. The largest absolute Gasteiger partial charge is 0.357 e. The van der Waals surface area contributed by atoms with Gasteiger partial charge in [-0.25, -0.2) is 4.98 Å². The second-order valence-electron chi connectivity index (χ2n) is 7.51. The van der Waals surface area contributed by atoms with Crippen molar-refractivity contribution >= 4 is 23.7 Å². The number of hydrogen-bond donors (Lipinski definition) is 1. The van der Waals surface area contributed by atoms with Crippen LogP contribution in [0, 0.1) is 5.92 Å². The van der Waals surface area contributed by atoms with Gasteiger partial charge in [-0.05, 0) is 49.5 Å². The number of aromatic nitrogens is 1. The molecule has 0 aliphatic carbocycles. The van der Waals surface area contributed by atoms with E-state index in [1.54, 1.807) is 6.08 Å². The number of amides is 2. The number of nitrogens with one attached hydrogen (secondary N) is 1. The van der Waals surface area contributed by atoms with Crippen LogP contribution in [0.5, 0.6) is 0 Å². The quantitative estimate of drug-likeness (QED) is 0.685. The van der Waals surface area contributed by atoms with E-state index >= 15 is 0 Å². The molecule has 2 amide bonds. The number of carbonyl (C=O) groups is 2. The molecule has 0 unspecified atom stereocenters. The van der Waals surface area contributed by atoms with Crippen LogP contribution in [0.4, 0.5) is 5.82 Å². The Bertz CT molecular complexity index is 831. The highest BCUT2D eigenvalue weighted by molar-refractivity contribution is 5.94. The number of likely N-dealkylation sites (N-methyl/N-ethyl adjacent to an activating group) is 1. The zero-order valence-electron chi connectivity index (χ0n) is 17.5. The van der Waals surface area contributed by atoms with Gasteiger partial charge in [0.15, 0.2) is 0 Å². The first kappa shape index (κ1) is 21.6. The highest BCUT2D eigenvalue weighted by Gasteiger charge is 2.23. The van der Waals surface area contributed by atoms with E-state index in [4.69, 9.17) is 0 Å². The Kier molecular flexibility index (Phi) is 8.01. The van der Waals surface area contributed by atoms with Crippen LogP contribution < -0.4 is 10.2 Å². The Morgan fingerprint density at radius 2 is 1.87 bits per heavy atom. The summed E-state index contributed by atoms with van der Waals surface area (Å²) < 4.78 is 0. The first-order valence-electron chi connectivity index (χ1n) is 10.6. The fraction of sp³-hybridized carbons (Fsp3) is 0.375. The number of carbonyl (C=O) groups excluding carboxylic acids is 2. The van der Waals surface area contributed by atoms with Gasteiger partial charge in [0, 0.05) is 38.5 Å². The lowest BCUT2D eigenvalue weighted by atomic mass is 9.96. The van der Waals surface area contributed by atoms with E-state index < -0.39 is 0 Å². The molecule has 1 aromatic heterocycles. The SMILES string of the molecule is CCN(CC1CCN(c2ccccn2)CC1)C(=O)CNC(=O)C=Cc1ccccc1. The van der Waals surface area contributed by atoms with Crippen molar-refractivity contribution in [3.63, 3.8) is 0 Å². The summed E-state index contributed by atoms with van der Waals surface area (Å²) in [5, 5.41) is 2.70. The molecule has 0 bridgehead atoms. The molecule has 2 heterocycles. The molecule has 30 heavy (non-hydrogen) atoms. The van der Waals surface area contributed by atoms with Crippen LogP contribution in [0.3, 0.4) is 0 Å². The Morgan fingerprint density at radius 3 is 2.53 bits per heavy atom. The molecule has 1 aromatic carbocycles. The normalized spacial score (nSPS) is 14.6. The van der Waals surface area contributed by atoms with E-state index in [1.165, 1.54) is 6.08 Å². The van der Waals surface area contributed by atoms with Crippen molar-refractivity contribution in [1.82, 2.24) is 15.2 Å². The van der Waals surface area contributed by atoms with E-state index in [0.717, 1.165) is 43.9 Å². The van der Waals surface area contributed by atoms with Gasteiger partial charge in [-0.2, -0.15) is 0 Å². The van der Waals surface area contributed by atoms with Crippen LogP contribution in [0.1, 0.15) is 25.3 Å². The minimum absolute atomic E-state index is 0.0264. The zero-order valence-corrected chi connectivity index (χ0v) is 17.5. The van der Waals surface area contributed by atoms with Gasteiger partial charge < -0.3 is 15.1 Å². The molecule has 1 fully saturated rings. The molecule has 0 atom stereocenters. The molecule has 1 N–H and O–H groups in total. The summed E-state index contributed by atoms with van der Waals surface area (Å²) in [5.74, 6) is 1.20. The molecule has 1 aliphatic rings. The number of anilines is 1. The summed E-state index contributed by atoms with van der Waals surface area (Å²) >= 11 is 0. The van der Waals surface area contributed by atoms with Crippen molar-refractivity contribution < 1.29 is 9.59 Å². The number of hydrogen-bond acceptors (Lipinski definition) is 4. The van der Waals surface area contributed by atoms with Crippen LogP contribution in [-0.4, -0.2) is 54.4 Å². The second kappa shape index (κ2) is 11.1. The molecule has 0 saturated carbocycles. The summed E-state index contributed by atoms with van der Waals surface area (Å²) in [6, 6.07) is 15.6. The summed E-state index contributed by atoms with van der Waals surface area (Å²) in [5.41, 5.74) is 0.950. The third-order valence-electron chi connectivity index (χ3n) is 5.44. The summed E-state index contributed by atoms with van der Waals surface area (Å²) in [4.78, 5) is 33.2. The Morgan fingerprint density at radius 1 is 1.13 bits per heavy atom. The molecule has 0 spiro atoms. The molecule has 2 aromatic rings. The van der Waals surface area contributed by atoms with Crippen LogP contribution in [-0.2, 0) is 9.59 Å². The number of piperidine rings is 1. The Hall–Kier alpha value is -3.15. The molecular formula is C24H30N4O2. The Labute approximate surface area is 178 Å². The lowest BCUT2D eigenvalue weighted by molar-refractivity contribution is -0.132. The molecule has 6 heteroatoms. The van der Waals surface area contributed by atoms with Crippen LogP contribution in [0.25, 0.3) is 6.08 Å². The van der Waals surface area contributed by atoms with Crippen molar-refractivity contribution in [2.24, 2.45) is 5.92 Å². The number of pyridine rings is 1. The van der Waals surface area contributed by atoms with Gasteiger partial charge in [0.05, 0.1) is 6.54 Å². The van der Waals surface area contributed by atoms with E-state index in [-0.39, 0.29) is 18.4 Å². The Balaban J connectivity index is 1.41. The van der Waals surface area contributed by atoms with Gasteiger partial charge in [-0.15, -0.1) is 0 Å². The predicted molar refractivity (Wildman–Crippen MR) is 120 cm³/mol. The average Bonchev–Trinajstić information content (AvgIpc) is 2.81. The van der Waals surface area contributed by atoms with E-state index in [1.807, 2.05) is 66.6 Å². The van der Waals surface area contributed by atoms with Crippen molar-refractivity contribution in [1.29, 1.82) is 0 Å². The fourth-order valence-corrected chi connectivity index (χ4v) is 3.67. The molecular weight excluding hydrogens is 376 g/mol. The van der Waals surface area contributed by atoms with Gasteiger partial charge in [-0.1, -0.05) is 36.4 Å². The smallest absolute Gasteiger partial charge is 0.244 e. The molecule has 3 rings (SSSR count). The minimum atomic E-state index is -0.257. The molecule has 6 nitrogen and oxygen atoms in total. The standard InChI is InChI=1S/C24H30N4O2/c1-2-27(19-21-13-16-28(17-14-21)22-10-6-7-15-25-22)24(30)18-26-23(29)12-11-20-8-4-3-5-9-20/h3-12,15,21H,2,13-14,16-19H2,1H3,(H,26,29). The maximum absolute atomic E-state index is 12.6. The maximum atomic E-state index is 12.6. The fourth-order valence-electron chi connectivity index (χ4n) is 3.67. The highest BCUT2D eigenvalue weighted by atomic mass is 16.2. The van der Waals surface area contributed by atoms with E-state index in [0.29, 0.717) is 12.5 Å². The average molecular weight is 407 g/mol. The monoisotopic (exact) mass is 406 g/mol. The van der Waals surface area contributed by atoms with E-state index in [2.05, 4.69) is 15.2 Å². The molecule has 0 radical (unpaired) electrons. The van der Waals surface area contributed by atoms with Crippen molar-refractivity contribution in [2.45, 2.75) is 19.8 Å². The van der Waals surface area contributed by atoms with Gasteiger partial charge >= 0.3 is 0 Å². The lowest BCUT2D eigenvalue weighted by Gasteiger charge is -2.35. The lowest BCUT2D eigenvalue weighted by Crippen LogP contribution is -2.44. The van der Waals surface area contributed by atoms with Crippen molar-refractivity contribution in [3.8, 4) is 0 Å². The topological polar surface area (TPSA) is 65.5 Å². The van der Waals surface area contributed by atoms with Gasteiger partial charge in [0.25, 0.3) is 0 Å². The molecule has 1 aliphatic heterocycles. The van der Waals surface area contributed by atoms with Gasteiger partial charge in [0.2, 0.25) is 11.8 Å². The van der Waals surface area contributed by atoms with Gasteiger partial charge in [-0.3, -0.25) is 9.59 Å². The predicted octanol–water partition coefficient (Wildman–Crippen LogP) is 2.98. The number of nitrogens with zero attached hydrogens (tertiary/aromatic N) is 3. The van der Waals surface area contributed by atoms with Crippen LogP contribution in [0.15, 0.2) is 60.8 Å². The van der Waals surface area contributed by atoms with E-state index in [9.17, 15) is 9.59 Å². The highest BCUT2D eigenvalue weighted by Crippen LogP contribution is 2.22. The molecule has 1 saturated heterocycles. The van der Waals surface area contributed by atoms with Crippen molar-refractivity contribution in [3.05, 3.63) is 66.4 Å². The number of rotatable bonds is 8. The molecule has 158 valence electrons. The van der Waals surface area contributed by atoms with Gasteiger partial charge in [0.1, 0.15) is 5.82 Å².